The van der Waals surface area contributed by atoms with E-state index in [1.807, 2.05) is 0 Å². The fourth-order valence-electron chi connectivity index (χ4n) is 3.44. The Morgan fingerprint density at radius 1 is 1.20 bits per heavy atom. The van der Waals surface area contributed by atoms with Crippen molar-refractivity contribution in [2.45, 2.75) is 25.6 Å². The number of amides is 1. The standard InChI is InChI=1S/C22H20F6N4O3/c1-3-16(22(26,27)28)29-21(35)12-10-32(17-13(23)5-4-6-14(17)24)19-11(18(12)34)9-15(25)20(30-19)31(2)7-8-33/h4-6,9-10,16,33H,3,7-8H2,1-2H3,(H,29,35). The maximum absolute atomic E-state index is 14.8. The lowest BCUT2D eigenvalue weighted by atomic mass is 10.1. The number of hydrogen-bond donors (Lipinski definition) is 2. The van der Waals surface area contributed by atoms with E-state index in [4.69, 9.17) is 5.11 Å². The molecule has 3 rings (SSSR count). The number of pyridine rings is 2. The van der Waals surface area contributed by atoms with Gasteiger partial charge in [0.2, 0.25) is 5.43 Å². The molecule has 1 atom stereocenters. The third-order valence-corrected chi connectivity index (χ3v) is 5.24. The summed E-state index contributed by atoms with van der Waals surface area (Å²) in [5, 5.41) is 10.2. The molecule has 1 amide bonds. The number of hydrogen-bond acceptors (Lipinski definition) is 5. The Morgan fingerprint density at radius 3 is 2.37 bits per heavy atom. The minimum Gasteiger partial charge on any atom is -0.395 e. The van der Waals surface area contributed by atoms with Crippen molar-refractivity contribution in [1.29, 1.82) is 0 Å². The fraction of sp³-hybridized carbons (Fsp3) is 0.318. The molecule has 3 aromatic rings. The predicted octanol–water partition coefficient (Wildman–Crippen LogP) is 3.30. The third kappa shape index (κ3) is 5.09. The summed E-state index contributed by atoms with van der Waals surface area (Å²) in [5.74, 6) is -5.19. The number of carbonyl (C=O) groups is 1. The molecule has 0 spiro atoms. The topological polar surface area (TPSA) is 87.5 Å². The van der Waals surface area contributed by atoms with Crippen LogP contribution in [0.2, 0.25) is 0 Å². The molecule has 7 nitrogen and oxygen atoms in total. The molecule has 0 fully saturated rings. The average Bonchev–Trinajstić information content (AvgIpc) is 2.77. The van der Waals surface area contributed by atoms with Gasteiger partial charge in [0.15, 0.2) is 17.3 Å². The Balaban J connectivity index is 2.34. The van der Waals surface area contributed by atoms with Gasteiger partial charge in [-0.05, 0) is 24.6 Å². The van der Waals surface area contributed by atoms with Crippen LogP contribution < -0.4 is 15.6 Å². The summed E-state index contributed by atoms with van der Waals surface area (Å²) in [7, 11) is 1.36. The normalized spacial score (nSPS) is 12.6. The summed E-state index contributed by atoms with van der Waals surface area (Å²) in [5.41, 5.74) is -3.34. The highest BCUT2D eigenvalue weighted by molar-refractivity contribution is 5.97. The van der Waals surface area contributed by atoms with E-state index in [-0.39, 0.29) is 19.0 Å². The molecule has 0 radical (unpaired) electrons. The Labute approximate surface area is 194 Å². The van der Waals surface area contributed by atoms with Crippen LogP contribution in [0.4, 0.5) is 32.2 Å². The van der Waals surface area contributed by atoms with Gasteiger partial charge in [0.05, 0.1) is 12.0 Å². The zero-order valence-electron chi connectivity index (χ0n) is 18.5. The maximum atomic E-state index is 14.8. The van der Waals surface area contributed by atoms with Gasteiger partial charge in [0.25, 0.3) is 5.91 Å². The number of aliphatic hydroxyl groups excluding tert-OH is 1. The lowest BCUT2D eigenvalue weighted by Crippen LogP contribution is -2.46. The summed E-state index contributed by atoms with van der Waals surface area (Å²) in [6.07, 6.45) is -4.71. The zero-order chi connectivity index (χ0) is 26.1. The van der Waals surface area contributed by atoms with E-state index in [0.717, 1.165) is 25.1 Å². The number of nitrogens with zero attached hydrogens (tertiary/aromatic N) is 3. The van der Waals surface area contributed by atoms with Crippen molar-refractivity contribution in [1.82, 2.24) is 14.9 Å². The predicted molar refractivity (Wildman–Crippen MR) is 115 cm³/mol. The molecular formula is C22H20F6N4O3. The first-order valence-electron chi connectivity index (χ1n) is 10.3. The second-order valence-corrected chi connectivity index (χ2v) is 7.60. The van der Waals surface area contributed by atoms with Crippen molar-refractivity contribution in [3.05, 3.63) is 63.7 Å². The lowest BCUT2D eigenvalue weighted by molar-refractivity contribution is -0.153. The van der Waals surface area contributed by atoms with E-state index in [9.17, 15) is 35.9 Å². The van der Waals surface area contributed by atoms with Crippen molar-refractivity contribution in [3.8, 4) is 5.69 Å². The molecule has 0 aliphatic carbocycles. The molecule has 0 aliphatic heterocycles. The van der Waals surface area contributed by atoms with Crippen LogP contribution >= 0.6 is 0 Å². The SMILES string of the molecule is CCC(NC(=O)c1cn(-c2c(F)cccc2F)c2nc(N(C)CCO)c(F)cc2c1=O)C(F)(F)F. The maximum Gasteiger partial charge on any atom is 0.408 e. The molecule has 0 bridgehead atoms. The largest absolute Gasteiger partial charge is 0.408 e. The monoisotopic (exact) mass is 502 g/mol. The summed E-state index contributed by atoms with van der Waals surface area (Å²) in [6.45, 7) is 0.695. The number of rotatable bonds is 7. The minimum absolute atomic E-state index is 0.0793. The quantitative estimate of drug-likeness (QED) is 0.485. The van der Waals surface area contributed by atoms with Gasteiger partial charge >= 0.3 is 6.18 Å². The van der Waals surface area contributed by atoms with Gasteiger partial charge in [-0.1, -0.05) is 13.0 Å². The van der Waals surface area contributed by atoms with E-state index in [1.54, 1.807) is 5.32 Å². The summed E-state index contributed by atoms with van der Waals surface area (Å²) in [4.78, 5) is 30.8. The van der Waals surface area contributed by atoms with Crippen molar-refractivity contribution in [2.24, 2.45) is 0 Å². The van der Waals surface area contributed by atoms with Gasteiger partial charge in [-0.25, -0.2) is 18.2 Å². The number of alkyl halides is 3. The molecule has 0 saturated heterocycles. The summed E-state index contributed by atoms with van der Waals surface area (Å²) in [6, 6.07) is 1.17. The zero-order valence-corrected chi connectivity index (χ0v) is 18.5. The molecule has 0 aliphatic rings. The van der Waals surface area contributed by atoms with Gasteiger partial charge < -0.3 is 15.3 Å². The molecule has 1 aromatic carbocycles. The number of aromatic nitrogens is 2. The summed E-state index contributed by atoms with van der Waals surface area (Å²) >= 11 is 0. The van der Waals surface area contributed by atoms with E-state index in [0.29, 0.717) is 16.8 Å². The second kappa shape index (κ2) is 9.94. The van der Waals surface area contributed by atoms with Gasteiger partial charge in [0.1, 0.15) is 28.9 Å². The number of carbonyl (C=O) groups excluding carboxylic acids is 1. The fourth-order valence-corrected chi connectivity index (χ4v) is 3.44. The first kappa shape index (κ1) is 26.0. The van der Waals surface area contributed by atoms with Gasteiger partial charge in [-0.2, -0.15) is 13.2 Å². The lowest BCUT2D eigenvalue weighted by Gasteiger charge is -2.21. The van der Waals surface area contributed by atoms with Crippen molar-refractivity contribution >= 4 is 22.8 Å². The van der Waals surface area contributed by atoms with E-state index in [1.165, 1.54) is 11.9 Å². The van der Waals surface area contributed by atoms with Crippen LogP contribution in [-0.2, 0) is 0 Å². The van der Waals surface area contributed by atoms with Crippen LogP contribution in [0.5, 0.6) is 0 Å². The second-order valence-electron chi connectivity index (χ2n) is 7.60. The van der Waals surface area contributed by atoms with Crippen LogP contribution in [0.1, 0.15) is 23.7 Å². The molecule has 1 unspecified atom stereocenters. The first-order chi connectivity index (χ1) is 16.4. The Hall–Kier alpha value is -3.61. The van der Waals surface area contributed by atoms with Gasteiger partial charge in [-0.15, -0.1) is 0 Å². The van der Waals surface area contributed by atoms with Crippen molar-refractivity contribution < 1.29 is 36.2 Å². The number of nitrogens with one attached hydrogen (secondary N) is 1. The number of likely N-dealkylation sites (N-methyl/N-ethyl adjacent to an activating group) is 1. The number of benzene rings is 1. The van der Waals surface area contributed by atoms with Crippen molar-refractivity contribution in [3.63, 3.8) is 0 Å². The van der Waals surface area contributed by atoms with E-state index < -0.39 is 69.7 Å². The summed E-state index contributed by atoms with van der Waals surface area (Å²) < 4.78 is 84.2. The minimum atomic E-state index is -4.82. The van der Waals surface area contributed by atoms with Gasteiger partial charge in [0, 0.05) is 19.8 Å². The smallest absolute Gasteiger partial charge is 0.395 e. The highest BCUT2D eigenvalue weighted by Crippen LogP contribution is 2.26. The number of aliphatic hydroxyl groups is 1. The first-order valence-corrected chi connectivity index (χ1v) is 10.3. The molecular weight excluding hydrogens is 482 g/mol. The number of anilines is 1. The Kier molecular flexibility index (Phi) is 7.38. The van der Waals surface area contributed by atoms with Gasteiger partial charge in [-0.3, -0.25) is 14.2 Å². The average molecular weight is 502 g/mol. The van der Waals surface area contributed by atoms with Crippen LogP contribution in [0.3, 0.4) is 0 Å². The van der Waals surface area contributed by atoms with E-state index >= 15 is 0 Å². The molecule has 13 heteroatoms. The Morgan fingerprint density at radius 2 is 1.83 bits per heavy atom. The highest BCUT2D eigenvalue weighted by atomic mass is 19.4. The number of para-hydroxylation sites is 1. The third-order valence-electron chi connectivity index (χ3n) is 5.24. The van der Waals surface area contributed by atoms with Crippen molar-refractivity contribution in [2.75, 3.05) is 25.1 Å². The molecule has 35 heavy (non-hydrogen) atoms. The number of halogens is 6. The molecule has 2 aromatic heterocycles. The van der Waals surface area contributed by atoms with Crippen LogP contribution in [-0.4, -0.2) is 53.0 Å². The van der Waals surface area contributed by atoms with E-state index in [2.05, 4.69) is 4.98 Å². The highest BCUT2D eigenvalue weighted by Gasteiger charge is 2.39. The molecule has 2 heterocycles. The van der Waals surface area contributed by atoms with Crippen LogP contribution in [0.15, 0.2) is 35.3 Å². The molecule has 2 N–H and O–H groups in total. The molecule has 0 saturated carbocycles. The van der Waals surface area contributed by atoms with Crippen LogP contribution in [0, 0.1) is 17.5 Å². The van der Waals surface area contributed by atoms with Crippen LogP contribution in [0.25, 0.3) is 16.7 Å². The molecule has 188 valence electrons. The number of fused-ring (bicyclic) bond motifs is 1. The Bertz CT molecular complexity index is 1310.